The number of halogens is 2. The van der Waals surface area contributed by atoms with E-state index in [1.807, 2.05) is 42.6 Å². The van der Waals surface area contributed by atoms with Crippen molar-refractivity contribution in [1.29, 1.82) is 10.5 Å². The molecule has 226 valence electrons. The number of aromatic nitrogens is 2. The molecular formula is C32H35Br2N5O4. The summed E-state index contributed by atoms with van der Waals surface area (Å²) in [4.78, 5) is 29.5. The highest BCUT2D eigenvalue weighted by Crippen LogP contribution is 2.34. The number of carbonyl (C=O) groups is 2. The van der Waals surface area contributed by atoms with Gasteiger partial charge in [-0.15, -0.1) is 0 Å². The third kappa shape index (κ3) is 8.85. The van der Waals surface area contributed by atoms with Gasteiger partial charge in [-0.25, -0.2) is 9.59 Å². The minimum atomic E-state index is -0.819. The van der Waals surface area contributed by atoms with E-state index < -0.39 is 35.3 Å². The van der Waals surface area contributed by atoms with Crippen LogP contribution in [0.4, 0.5) is 9.59 Å². The zero-order valence-electron chi connectivity index (χ0n) is 25.2. The Morgan fingerprint density at radius 3 is 2.14 bits per heavy atom. The highest BCUT2D eigenvalue weighted by atomic mass is 79.9. The fraction of sp³-hybridized carbons (Fsp3) is 0.375. The number of fused-ring (bicyclic) bond motifs is 2. The van der Waals surface area contributed by atoms with Gasteiger partial charge in [0.05, 0.1) is 29.6 Å². The van der Waals surface area contributed by atoms with Crippen LogP contribution in [0.3, 0.4) is 0 Å². The molecule has 2 aromatic heterocycles. The van der Waals surface area contributed by atoms with Crippen LogP contribution >= 0.6 is 31.9 Å². The van der Waals surface area contributed by atoms with Crippen LogP contribution in [0, 0.1) is 22.7 Å². The van der Waals surface area contributed by atoms with E-state index >= 15 is 0 Å². The maximum Gasteiger partial charge on any atom is 0.419 e. The molecule has 0 unspecified atom stereocenters. The topological polar surface area (TPSA) is 133 Å². The Kier molecular flexibility index (Phi) is 10.7. The van der Waals surface area contributed by atoms with Gasteiger partial charge in [0.25, 0.3) is 0 Å². The van der Waals surface area contributed by atoms with Gasteiger partial charge in [0.15, 0.2) is 0 Å². The van der Waals surface area contributed by atoms with Crippen molar-refractivity contribution in [3.63, 3.8) is 0 Å². The van der Waals surface area contributed by atoms with Crippen LogP contribution in [-0.4, -0.2) is 39.0 Å². The molecule has 2 N–H and O–H groups in total. The van der Waals surface area contributed by atoms with Crippen LogP contribution in [0.5, 0.6) is 0 Å². The molecule has 9 nitrogen and oxygen atoms in total. The lowest BCUT2D eigenvalue weighted by Gasteiger charge is -2.26. The average Bonchev–Trinajstić information content (AvgIpc) is 3.43. The third-order valence-electron chi connectivity index (χ3n) is 6.14. The number of nitrogens with zero attached hydrogens (tertiary/aromatic N) is 3. The van der Waals surface area contributed by atoms with E-state index in [-0.39, 0.29) is 0 Å². The zero-order chi connectivity index (χ0) is 32.1. The maximum absolute atomic E-state index is 13.2. The molecule has 2 aromatic carbocycles. The summed E-state index contributed by atoms with van der Waals surface area (Å²) < 4.78 is 14.3. The maximum atomic E-state index is 13.2. The fourth-order valence-corrected chi connectivity index (χ4v) is 5.30. The lowest BCUT2D eigenvalue weighted by Crippen LogP contribution is -2.43. The molecular weight excluding hydrogens is 678 g/mol. The fourth-order valence-electron chi connectivity index (χ4n) is 4.59. The summed E-state index contributed by atoms with van der Waals surface area (Å²) in [5.41, 5.74) is 1.62. The van der Waals surface area contributed by atoms with E-state index in [0.717, 1.165) is 25.4 Å². The second kappa shape index (κ2) is 13.7. The van der Waals surface area contributed by atoms with Crippen molar-refractivity contribution in [2.75, 3.05) is 0 Å². The molecule has 0 saturated carbocycles. The molecule has 2 atom stereocenters. The number of amides is 1. The molecule has 1 amide bonds. The van der Waals surface area contributed by atoms with E-state index in [1.165, 1.54) is 11.5 Å². The van der Waals surface area contributed by atoms with Crippen LogP contribution in [0.1, 0.15) is 65.5 Å². The zero-order valence-corrected chi connectivity index (χ0v) is 28.4. The summed E-state index contributed by atoms with van der Waals surface area (Å²) in [6.45, 7) is 12.2. The number of hydrogen-bond acceptors (Lipinski definition) is 6. The molecule has 2 heterocycles. The van der Waals surface area contributed by atoms with Crippen molar-refractivity contribution in [2.24, 2.45) is 0 Å². The number of benzene rings is 2. The predicted octanol–water partition coefficient (Wildman–Crippen LogP) is 8.70. The molecule has 0 bridgehead atoms. The standard InChI is InChI=1S/C30H32Br2N4O4.C2H3N/c1-29(2,3)39-27(37)35-25(11-17-15-34-24-12-18(31)7-9-20(17)24)22(14-33)23-16-36(28(38)40-30(4,5)6)26-13-19(32)8-10-21(23)26;1-2-3/h7-10,12-13,15-16,22,25,34H,11H2,1-6H3,(H,35,37);1H3/t22-,25-;/m1./s1. The van der Waals surface area contributed by atoms with E-state index in [1.54, 1.807) is 53.8 Å². The number of H-pyrrole nitrogens is 1. The Morgan fingerprint density at radius 2 is 1.56 bits per heavy atom. The van der Waals surface area contributed by atoms with Crippen molar-refractivity contribution < 1.29 is 19.1 Å². The second-order valence-electron chi connectivity index (χ2n) is 11.9. The minimum absolute atomic E-state index is 0.342. The van der Waals surface area contributed by atoms with Gasteiger partial charge in [-0.2, -0.15) is 10.5 Å². The monoisotopic (exact) mass is 711 g/mol. The van der Waals surface area contributed by atoms with Gasteiger partial charge < -0.3 is 19.8 Å². The molecule has 0 aliphatic heterocycles. The van der Waals surface area contributed by atoms with Gasteiger partial charge in [0.1, 0.15) is 11.2 Å². The second-order valence-corrected chi connectivity index (χ2v) is 13.7. The summed E-state index contributed by atoms with van der Waals surface area (Å²) in [6, 6.07) is 14.9. The van der Waals surface area contributed by atoms with Gasteiger partial charge in [-0.3, -0.25) is 4.57 Å². The largest absolute Gasteiger partial charge is 0.444 e. The minimum Gasteiger partial charge on any atom is -0.444 e. The lowest BCUT2D eigenvalue weighted by molar-refractivity contribution is 0.0496. The Bertz CT molecular complexity index is 1710. The number of aromatic amines is 1. The van der Waals surface area contributed by atoms with Crippen LogP contribution in [0.2, 0.25) is 0 Å². The first-order chi connectivity index (χ1) is 20.1. The van der Waals surface area contributed by atoms with E-state index in [4.69, 9.17) is 14.7 Å². The Morgan fingerprint density at radius 1 is 0.977 bits per heavy atom. The van der Waals surface area contributed by atoms with Gasteiger partial charge >= 0.3 is 12.2 Å². The van der Waals surface area contributed by atoms with Crippen molar-refractivity contribution in [3.05, 3.63) is 68.9 Å². The molecule has 0 spiro atoms. The number of rotatable bonds is 5. The molecule has 0 fully saturated rings. The summed E-state index contributed by atoms with van der Waals surface area (Å²) in [5.74, 6) is -0.819. The summed E-state index contributed by atoms with van der Waals surface area (Å²) in [6.07, 6.45) is 2.68. The van der Waals surface area contributed by atoms with Crippen LogP contribution < -0.4 is 5.32 Å². The lowest BCUT2D eigenvalue weighted by atomic mass is 9.88. The Labute approximate surface area is 268 Å². The molecule has 0 radical (unpaired) electrons. The first-order valence-corrected chi connectivity index (χ1v) is 15.1. The number of ether oxygens (including phenoxy) is 2. The van der Waals surface area contributed by atoms with Crippen LogP contribution in [-0.2, 0) is 15.9 Å². The smallest absolute Gasteiger partial charge is 0.419 e. The predicted molar refractivity (Wildman–Crippen MR) is 174 cm³/mol. The van der Waals surface area contributed by atoms with E-state index in [0.29, 0.717) is 22.9 Å². The summed E-state index contributed by atoms with van der Waals surface area (Å²) in [5, 5.41) is 22.5. The molecule has 43 heavy (non-hydrogen) atoms. The first-order valence-electron chi connectivity index (χ1n) is 13.6. The normalized spacial score (nSPS) is 12.8. The Balaban J connectivity index is 0.00000162. The Hall–Kier alpha value is -3.80. The summed E-state index contributed by atoms with van der Waals surface area (Å²) in [7, 11) is 0. The number of nitrogens with one attached hydrogen (secondary N) is 2. The number of carbonyl (C=O) groups excluding carboxylic acids is 2. The van der Waals surface area contributed by atoms with E-state index in [2.05, 4.69) is 48.2 Å². The van der Waals surface area contributed by atoms with Crippen LogP contribution in [0.25, 0.3) is 21.8 Å². The number of hydrogen-bond donors (Lipinski definition) is 2. The highest BCUT2D eigenvalue weighted by molar-refractivity contribution is 9.10. The van der Waals surface area contributed by atoms with Gasteiger partial charge in [0.2, 0.25) is 0 Å². The summed E-state index contributed by atoms with van der Waals surface area (Å²) >= 11 is 6.99. The van der Waals surface area contributed by atoms with Crippen molar-refractivity contribution >= 4 is 65.9 Å². The van der Waals surface area contributed by atoms with Crippen molar-refractivity contribution in [1.82, 2.24) is 14.9 Å². The number of alkyl carbamates (subject to hydrolysis) is 1. The van der Waals surface area contributed by atoms with Gasteiger partial charge in [-0.05, 0) is 83.4 Å². The highest BCUT2D eigenvalue weighted by Gasteiger charge is 2.32. The average molecular weight is 713 g/mol. The number of nitriles is 2. The van der Waals surface area contributed by atoms with Crippen molar-refractivity contribution in [2.45, 2.75) is 78.0 Å². The quantitative estimate of drug-likeness (QED) is 0.213. The third-order valence-corrected chi connectivity index (χ3v) is 7.12. The first kappa shape index (κ1) is 33.7. The molecule has 0 aliphatic carbocycles. The molecule has 0 aliphatic rings. The van der Waals surface area contributed by atoms with Gasteiger partial charge in [-0.1, -0.05) is 44.0 Å². The molecule has 4 rings (SSSR count). The van der Waals surface area contributed by atoms with Crippen molar-refractivity contribution in [3.8, 4) is 12.1 Å². The SMILES string of the molecule is CC#N.CC(C)(C)OC(=O)N[C@H](Cc1c[nH]c2cc(Br)ccc12)[C@H](C#N)c1cn(C(=O)OC(C)(C)C)c2cc(Br)ccc12. The van der Waals surface area contributed by atoms with Gasteiger partial charge in [0, 0.05) is 44.6 Å². The molecule has 0 saturated heterocycles. The van der Waals surface area contributed by atoms with E-state index in [9.17, 15) is 14.9 Å². The molecule has 4 aromatic rings. The van der Waals surface area contributed by atoms with Crippen LogP contribution in [0.15, 0.2) is 57.7 Å². The molecule has 11 heteroatoms.